The van der Waals surface area contributed by atoms with Crippen molar-refractivity contribution in [1.29, 1.82) is 0 Å². The lowest BCUT2D eigenvalue weighted by atomic mass is 10.2. The van der Waals surface area contributed by atoms with Gasteiger partial charge >= 0.3 is 0 Å². The quantitative estimate of drug-likeness (QED) is 0.294. The summed E-state index contributed by atoms with van der Waals surface area (Å²) < 4.78 is 27.6. The highest BCUT2D eigenvalue weighted by Gasteiger charge is 2.20. The smallest absolute Gasteiger partial charge is 0.273 e. The molecular weight excluding hydrogens is 482 g/mol. The van der Waals surface area contributed by atoms with Crippen molar-refractivity contribution in [3.63, 3.8) is 0 Å². The van der Waals surface area contributed by atoms with Crippen LogP contribution in [0.2, 0.25) is 0 Å². The second kappa shape index (κ2) is 9.52. The van der Waals surface area contributed by atoms with Gasteiger partial charge in [-0.15, -0.1) is 22.7 Å². The van der Waals surface area contributed by atoms with Crippen LogP contribution in [-0.4, -0.2) is 40.0 Å². The van der Waals surface area contributed by atoms with Crippen molar-refractivity contribution in [2.45, 2.75) is 18.1 Å². The predicted octanol–water partition coefficient (Wildman–Crippen LogP) is 3.32. The highest BCUT2D eigenvalue weighted by molar-refractivity contribution is 7.94. The van der Waals surface area contributed by atoms with Crippen molar-refractivity contribution in [2.24, 2.45) is 5.10 Å². The molecule has 0 bridgehead atoms. The van der Waals surface area contributed by atoms with E-state index in [-0.39, 0.29) is 15.5 Å². The van der Waals surface area contributed by atoms with Gasteiger partial charge in [0.2, 0.25) is 0 Å². The fraction of sp³-hybridized carbons (Fsp3) is 0.100. The summed E-state index contributed by atoms with van der Waals surface area (Å²) in [5, 5.41) is 6.53. The van der Waals surface area contributed by atoms with Crippen LogP contribution >= 0.6 is 22.7 Å². The molecule has 0 aliphatic carbocycles. The standard InChI is InChI=1S/C20H17N7O3S3/c1-12-18(32-20(24-12)16-11-22-7-8-23-16)13(2)25-26-19(28)14-5-6-21-10-15(14)27-33(29,30)17-4-3-9-31-17/h3-11,27H,1-2H3,(H,26,28)/b25-13+. The molecule has 0 radical (unpaired) electrons. The SMILES string of the molecule is C/C(=N\NC(=O)c1ccncc1NS(=O)(=O)c1cccs1)c1sc(-c2cnccn2)nc1C. The summed E-state index contributed by atoms with van der Waals surface area (Å²) >= 11 is 2.45. The van der Waals surface area contributed by atoms with Crippen molar-refractivity contribution in [3.8, 4) is 10.7 Å². The normalized spacial score (nSPS) is 11.9. The van der Waals surface area contributed by atoms with Gasteiger partial charge in [0.1, 0.15) is 14.9 Å². The number of aryl methyl sites for hydroxylation is 1. The van der Waals surface area contributed by atoms with E-state index in [1.54, 1.807) is 37.0 Å². The van der Waals surface area contributed by atoms with E-state index in [1.165, 1.54) is 35.9 Å². The van der Waals surface area contributed by atoms with Crippen molar-refractivity contribution in [1.82, 2.24) is 25.4 Å². The van der Waals surface area contributed by atoms with Gasteiger partial charge < -0.3 is 0 Å². The average molecular weight is 500 g/mol. The maximum atomic E-state index is 12.8. The molecule has 1 amide bonds. The number of thiazole rings is 1. The lowest BCUT2D eigenvalue weighted by Gasteiger charge is -2.10. The number of pyridine rings is 1. The zero-order chi connectivity index (χ0) is 23.4. The Hall–Kier alpha value is -3.55. The molecule has 0 saturated carbocycles. The molecule has 4 rings (SSSR count). The first-order valence-electron chi connectivity index (χ1n) is 9.44. The Kier molecular flexibility index (Phi) is 6.53. The third kappa shape index (κ3) is 5.10. The highest BCUT2D eigenvalue weighted by Crippen LogP contribution is 2.26. The van der Waals surface area contributed by atoms with Crippen LogP contribution in [0, 0.1) is 6.92 Å². The van der Waals surface area contributed by atoms with Crippen LogP contribution in [0.25, 0.3) is 10.7 Å². The van der Waals surface area contributed by atoms with Gasteiger partial charge in [-0.05, 0) is 31.4 Å². The van der Waals surface area contributed by atoms with E-state index >= 15 is 0 Å². The third-order valence-corrected chi connectivity index (χ3v) is 8.35. The average Bonchev–Trinajstić information content (AvgIpc) is 3.49. The molecule has 4 aromatic heterocycles. The number of amides is 1. The topological polar surface area (TPSA) is 139 Å². The van der Waals surface area contributed by atoms with Gasteiger partial charge in [0.15, 0.2) is 0 Å². The number of anilines is 1. The lowest BCUT2D eigenvalue weighted by molar-refractivity contribution is 0.0955. The molecule has 4 aromatic rings. The zero-order valence-electron chi connectivity index (χ0n) is 17.4. The molecule has 0 aliphatic rings. The van der Waals surface area contributed by atoms with Crippen molar-refractivity contribution in [3.05, 3.63) is 70.7 Å². The number of thiophene rings is 1. The second-order valence-corrected chi connectivity index (χ2v) is 10.5. The predicted molar refractivity (Wildman–Crippen MR) is 127 cm³/mol. The van der Waals surface area contributed by atoms with Crippen molar-refractivity contribution in [2.75, 3.05) is 4.72 Å². The fourth-order valence-corrected chi connectivity index (χ4v) is 5.81. The monoisotopic (exact) mass is 499 g/mol. The second-order valence-electron chi connectivity index (χ2n) is 6.62. The Bertz CT molecular complexity index is 1420. The molecule has 0 atom stereocenters. The van der Waals surface area contributed by atoms with Crippen LogP contribution < -0.4 is 10.1 Å². The summed E-state index contributed by atoms with van der Waals surface area (Å²) in [5.74, 6) is -0.586. The first kappa shape index (κ1) is 22.6. The van der Waals surface area contributed by atoms with Gasteiger partial charge in [-0.1, -0.05) is 6.07 Å². The number of hydrazone groups is 1. The molecule has 0 spiro atoms. The molecule has 0 unspecified atom stereocenters. The molecule has 0 aromatic carbocycles. The van der Waals surface area contributed by atoms with E-state index in [4.69, 9.17) is 0 Å². The van der Waals surface area contributed by atoms with Gasteiger partial charge in [0, 0.05) is 18.6 Å². The number of nitrogens with zero attached hydrogens (tertiary/aromatic N) is 5. The maximum Gasteiger partial charge on any atom is 0.273 e. The summed E-state index contributed by atoms with van der Waals surface area (Å²) in [6, 6.07) is 4.52. The third-order valence-electron chi connectivity index (χ3n) is 4.30. The van der Waals surface area contributed by atoms with Crippen LogP contribution in [0.1, 0.15) is 27.9 Å². The molecular formula is C20H17N7O3S3. The van der Waals surface area contributed by atoms with E-state index in [9.17, 15) is 13.2 Å². The number of hydrogen-bond acceptors (Lipinski definition) is 10. The van der Waals surface area contributed by atoms with Crippen LogP contribution in [0.3, 0.4) is 0 Å². The Morgan fingerprint density at radius 1 is 1.12 bits per heavy atom. The van der Waals surface area contributed by atoms with Crippen LogP contribution in [0.5, 0.6) is 0 Å². The van der Waals surface area contributed by atoms with E-state index in [0.717, 1.165) is 21.9 Å². The molecule has 33 heavy (non-hydrogen) atoms. The lowest BCUT2D eigenvalue weighted by Crippen LogP contribution is -2.22. The van der Waals surface area contributed by atoms with Crippen LogP contribution in [0.4, 0.5) is 5.69 Å². The minimum absolute atomic E-state index is 0.0511. The van der Waals surface area contributed by atoms with E-state index in [0.29, 0.717) is 16.4 Å². The van der Waals surface area contributed by atoms with Crippen LogP contribution in [0.15, 0.2) is 63.9 Å². The van der Waals surface area contributed by atoms with Gasteiger partial charge in [-0.25, -0.2) is 18.8 Å². The number of sulfonamides is 1. The number of carbonyl (C=O) groups excluding carboxylic acids is 1. The van der Waals surface area contributed by atoms with Gasteiger partial charge in [0.05, 0.1) is 39.9 Å². The highest BCUT2D eigenvalue weighted by atomic mass is 32.2. The van der Waals surface area contributed by atoms with Crippen LogP contribution in [-0.2, 0) is 10.0 Å². The first-order chi connectivity index (χ1) is 15.8. The summed E-state index contributed by atoms with van der Waals surface area (Å²) in [4.78, 5) is 30.3. The molecule has 10 nitrogen and oxygen atoms in total. The number of rotatable bonds is 7. The number of hydrogen-bond donors (Lipinski definition) is 2. The zero-order valence-corrected chi connectivity index (χ0v) is 19.8. The number of aromatic nitrogens is 4. The minimum Gasteiger partial charge on any atom is -0.277 e. The molecule has 2 N–H and O–H groups in total. The van der Waals surface area contributed by atoms with Gasteiger partial charge in [-0.2, -0.15) is 5.10 Å². The van der Waals surface area contributed by atoms with E-state index in [1.807, 2.05) is 6.92 Å². The molecule has 4 heterocycles. The maximum absolute atomic E-state index is 12.8. The molecule has 168 valence electrons. The summed E-state index contributed by atoms with van der Waals surface area (Å²) in [6.45, 7) is 3.58. The van der Waals surface area contributed by atoms with E-state index < -0.39 is 15.9 Å². The van der Waals surface area contributed by atoms with Crippen molar-refractivity contribution < 1.29 is 13.2 Å². The summed E-state index contributed by atoms with van der Waals surface area (Å²) in [5.41, 5.74) is 4.54. The van der Waals surface area contributed by atoms with Gasteiger partial charge in [-0.3, -0.25) is 24.5 Å². The Labute approximate surface area is 197 Å². The summed E-state index contributed by atoms with van der Waals surface area (Å²) in [7, 11) is -3.83. The Balaban J connectivity index is 1.53. The minimum atomic E-state index is -3.83. The fourth-order valence-electron chi connectivity index (χ4n) is 2.78. The number of nitrogens with one attached hydrogen (secondary N) is 2. The molecule has 0 fully saturated rings. The van der Waals surface area contributed by atoms with Gasteiger partial charge in [0.25, 0.3) is 15.9 Å². The Morgan fingerprint density at radius 2 is 1.94 bits per heavy atom. The number of carbonyl (C=O) groups is 1. The Morgan fingerprint density at radius 3 is 2.67 bits per heavy atom. The first-order valence-corrected chi connectivity index (χ1v) is 12.6. The molecule has 0 saturated heterocycles. The molecule has 13 heteroatoms. The summed E-state index contributed by atoms with van der Waals surface area (Å²) in [6.07, 6.45) is 7.47. The van der Waals surface area contributed by atoms with Crippen molar-refractivity contribution >= 4 is 50.0 Å². The largest absolute Gasteiger partial charge is 0.277 e. The van der Waals surface area contributed by atoms with E-state index in [2.05, 4.69) is 35.2 Å². The molecule has 0 aliphatic heterocycles.